The van der Waals surface area contributed by atoms with Gasteiger partial charge in [0.05, 0.1) is 25.4 Å². The van der Waals surface area contributed by atoms with Crippen molar-refractivity contribution < 1.29 is 18.9 Å². The van der Waals surface area contributed by atoms with Crippen molar-refractivity contribution in [1.29, 1.82) is 0 Å². The number of methoxy groups -OCH3 is 1. The average Bonchev–Trinajstić information content (AvgIpc) is 3.00. The van der Waals surface area contributed by atoms with E-state index in [0.717, 1.165) is 6.42 Å². The maximum absolute atomic E-state index is 5.98. The van der Waals surface area contributed by atoms with Crippen LogP contribution < -0.4 is 0 Å². The molecule has 2 aliphatic heterocycles. The molecule has 1 unspecified atom stereocenters. The van der Waals surface area contributed by atoms with Crippen LogP contribution in [0.5, 0.6) is 0 Å². The molecule has 1 saturated heterocycles. The molecule has 2 heterocycles. The molecule has 1 fully saturated rings. The molecule has 0 aromatic rings. The molecular formula is C16H26O4. The lowest BCUT2D eigenvalue weighted by Gasteiger charge is -2.31. The molecule has 0 aromatic heterocycles. The van der Waals surface area contributed by atoms with Gasteiger partial charge in [-0.15, -0.1) is 11.8 Å². The van der Waals surface area contributed by atoms with E-state index in [-0.39, 0.29) is 24.6 Å². The molecule has 0 aliphatic carbocycles. The molecule has 4 nitrogen and oxygen atoms in total. The first-order valence-electron chi connectivity index (χ1n) is 7.33. The lowest BCUT2D eigenvalue weighted by molar-refractivity contribution is -0.111. The molecule has 0 N–H and O–H groups in total. The highest BCUT2D eigenvalue weighted by molar-refractivity contribution is 5.07. The quantitative estimate of drug-likeness (QED) is 0.586. The van der Waals surface area contributed by atoms with Crippen LogP contribution in [0.15, 0.2) is 12.2 Å². The van der Waals surface area contributed by atoms with Crippen molar-refractivity contribution in [3.8, 4) is 11.8 Å². The summed E-state index contributed by atoms with van der Waals surface area (Å²) in [5.74, 6) is 5.93. The average molecular weight is 282 g/mol. The van der Waals surface area contributed by atoms with Gasteiger partial charge in [-0.3, -0.25) is 0 Å². The summed E-state index contributed by atoms with van der Waals surface area (Å²) in [5.41, 5.74) is 0. The molecule has 0 amide bonds. The van der Waals surface area contributed by atoms with Crippen molar-refractivity contribution in [3.05, 3.63) is 12.2 Å². The third-order valence-corrected chi connectivity index (χ3v) is 3.10. The lowest BCUT2D eigenvalue weighted by Crippen LogP contribution is -2.37. The van der Waals surface area contributed by atoms with Crippen LogP contribution in [-0.2, 0) is 18.9 Å². The molecule has 0 spiro atoms. The molecule has 20 heavy (non-hydrogen) atoms. The molecule has 2 aliphatic rings. The van der Waals surface area contributed by atoms with Gasteiger partial charge in [0.15, 0.2) is 6.29 Å². The van der Waals surface area contributed by atoms with Crippen LogP contribution in [0.1, 0.15) is 33.6 Å². The van der Waals surface area contributed by atoms with Crippen LogP contribution in [0.25, 0.3) is 0 Å². The first kappa shape index (κ1) is 17.2. The second-order valence-corrected chi connectivity index (χ2v) is 4.34. The van der Waals surface area contributed by atoms with Crippen molar-refractivity contribution in [2.75, 3.05) is 20.3 Å². The maximum Gasteiger partial charge on any atom is 0.160 e. The fraction of sp³-hybridized carbons (Fsp3) is 0.750. The van der Waals surface area contributed by atoms with Gasteiger partial charge in [0, 0.05) is 20.0 Å². The van der Waals surface area contributed by atoms with E-state index in [1.165, 1.54) is 0 Å². The molecule has 3 atom stereocenters. The van der Waals surface area contributed by atoms with Gasteiger partial charge in [-0.05, 0) is 6.92 Å². The molecule has 4 heteroatoms. The highest BCUT2D eigenvalue weighted by atomic mass is 16.7. The van der Waals surface area contributed by atoms with Crippen molar-refractivity contribution in [2.45, 2.75) is 58.2 Å². The van der Waals surface area contributed by atoms with Crippen LogP contribution in [0.4, 0.5) is 0 Å². The summed E-state index contributed by atoms with van der Waals surface area (Å²) in [4.78, 5) is 0. The summed E-state index contributed by atoms with van der Waals surface area (Å²) >= 11 is 0. The Morgan fingerprint density at radius 3 is 2.50 bits per heavy atom. The first-order valence-corrected chi connectivity index (χ1v) is 7.33. The standard InChI is InChI=1S/C14H20O4.C2H6/c1-3-4-5-13-12(15-2)7-6-11(18-13)10-14-16-8-9-17-14;1-2/h6-7,11-14H,5,8-10H2,1-2H3;1-2H3/t11-,12-,13?;/m0./s1. The lowest BCUT2D eigenvalue weighted by atomic mass is 10.0. The Kier molecular flexibility index (Phi) is 8.56. The highest BCUT2D eigenvalue weighted by Crippen LogP contribution is 2.22. The molecule has 114 valence electrons. The van der Waals surface area contributed by atoms with Crippen LogP contribution >= 0.6 is 0 Å². The third kappa shape index (κ3) is 5.26. The van der Waals surface area contributed by atoms with E-state index in [4.69, 9.17) is 18.9 Å². The van der Waals surface area contributed by atoms with Gasteiger partial charge in [0.1, 0.15) is 6.10 Å². The summed E-state index contributed by atoms with van der Waals surface area (Å²) in [5, 5.41) is 0. The number of hydrogen-bond acceptors (Lipinski definition) is 4. The summed E-state index contributed by atoms with van der Waals surface area (Å²) in [6, 6.07) is 0. The zero-order chi connectivity index (χ0) is 14.8. The Morgan fingerprint density at radius 2 is 1.90 bits per heavy atom. The van der Waals surface area contributed by atoms with E-state index in [0.29, 0.717) is 19.6 Å². The van der Waals surface area contributed by atoms with E-state index in [9.17, 15) is 0 Å². The van der Waals surface area contributed by atoms with Gasteiger partial charge in [-0.1, -0.05) is 26.0 Å². The van der Waals surface area contributed by atoms with Crippen molar-refractivity contribution >= 4 is 0 Å². The second-order valence-electron chi connectivity index (χ2n) is 4.34. The van der Waals surface area contributed by atoms with Crippen molar-refractivity contribution in [3.63, 3.8) is 0 Å². The molecule has 0 bridgehead atoms. The van der Waals surface area contributed by atoms with E-state index >= 15 is 0 Å². The summed E-state index contributed by atoms with van der Waals surface area (Å²) < 4.78 is 22.2. The zero-order valence-electron chi connectivity index (χ0n) is 12.9. The van der Waals surface area contributed by atoms with Gasteiger partial charge in [0.25, 0.3) is 0 Å². The number of ether oxygens (including phenoxy) is 4. The minimum Gasteiger partial charge on any atom is -0.375 e. The van der Waals surface area contributed by atoms with E-state index < -0.39 is 0 Å². The fourth-order valence-electron chi connectivity index (χ4n) is 2.17. The summed E-state index contributed by atoms with van der Waals surface area (Å²) in [6.45, 7) is 7.18. The maximum atomic E-state index is 5.98. The van der Waals surface area contributed by atoms with Crippen LogP contribution in [0.3, 0.4) is 0 Å². The largest absolute Gasteiger partial charge is 0.375 e. The highest BCUT2D eigenvalue weighted by Gasteiger charge is 2.29. The second kappa shape index (κ2) is 9.95. The van der Waals surface area contributed by atoms with Crippen molar-refractivity contribution in [2.24, 2.45) is 0 Å². The van der Waals surface area contributed by atoms with Gasteiger partial charge >= 0.3 is 0 Å². The normalized spacial score (nSPS) is 29.3. The Balaban J connectivity index is 0.000000956. The molecular weight excluding hydrogens is 256 g/mol. The topological polar surface area (TPSA) is 36.9 Å². The van der Waals surface area contributed by atoms with Crippen LogP contribution in [0, 0.1) is 11.8 Å². The Bertz CT molecular complexity index is 336. The smallest absolute Gasteiger partial charge is 0.160 e. The fourth-order valence-corrected chi connectivity index (χ4v) is 2.17. The van der Waals surface area contributed by atoms with Gasteiger partial charge in [0.2, 0.25) is 0 Å². The van der Waals surface area contributed by atoms with Crippen LogP contribution in [-0.4, -0.2) is 44.9 Å². The SMILES string of the molecule is CC.CC#CCC1O[C@H](CC2OCCO2)C=C[C@@H]1OC. The zero-order valence-corrected chi connectivity index (χ0v) is 12.9. The van der Waals surface area contributed by atoms with E-state index in [1.54, 1.807) is 7.11 Å². The summed E-state index contributed by atoms with van der Waals surface area (Å²) in [6.07, 6.45) is 5.32. The monoisotopic (exact) mass is 282 g/mol. The Labute approximate surface area is 122 Å². The van der Waals surface area contributed by atoms with Crippen molar-refractivity contribution in [1.82, 2.24) is 0 Å². The van der Waals surface area contributed by atoms with Gasteiger partial charge in [-0.2, -0.15) is 0 Å². The minimum atomic E-state index is -0.142. The number of hydrogen-bond donors (Lipinski definition) is 0. The molecule has 0 aromatic carbocycles. The van der Waals surface area contributed by atoms with Crippen LogP contribution in [0.2, 0.25) is 0 Å². The first-order chi connectivity index (χ1) is 9.83. The third-order valence-electron chi connectivity index (χ3n) is 3.10. The number of rotatable bonds is 4. The van der Waals surface area contributed by atoms with Gasteiger partial charge in [-0.25, -0.2) is 0 Å². The Morgan fingerprint density at radius 1 is 1.20 bits per heavy atom. The summed E-state index contributed by atoms with van der Waals surface area (Å²) in [7, 11) is 1.69. The van der Waals surface area contributed by atoms with E-state index in [2.05, 4.69) is 11.8 Å². The van der Waals surface area contributed by atoms with Gasteiger partial charge < -0.3 is 18.9 Å². The molecule has 0 saturated carbocycles. The predicted molar refractivity (Wildman–Crippen MR) is 78.3 cm³/mol. The predicted octanol–water partition coefficient (Wildman–Crippen LogP) is 2.53. The molecule has 2 rings (SSSR count). The Hall–Kier alpha value is -0.860. The minimum absolute atomic E-state index is 0.0150. The van der Waals surface area contributed by atoms with E-state index in [1.807, 2.05) is 32.9 Å². The molecule has 0 radical (unpaired) electrons.